The van der Waals surface area contributed by atoms with Gasteiger partial charge in [-0.2, -0.15) is 10.2 Å². The van der Waals surface area contributed by atoms with Crippen LogP contribution in [0.15, 0.2) is 71.5 Å². The third-order valence-corrected chi connectivity index (χ3v) is 8.75. The van der Waals surface area contributed by atoms with E-state index < -0.39 is 54.0 Å². The van der Waals surface area contributed by atoms with E-state index >= 15 is 0 Å². The SMILES string of the molecule is CCOc1ccccc1NC(=O)c1cnn2c(C(F)F)cc(C3CC3c3cc(C(F)F)n4ncc(C(O)Nc5ccc(Br)cc5F)c4n3)nc12. The number of hydrogen-bond donors (Lipinski definition) is 3. The Morgan fingerprint density at radius 3 is 2.24 bits per heavy atom. The predicted molar refractivity (Wildman–Crippen MR) is 174 cm³/mol. The molecule has 1 amide bonds. The molecule has 2 aromatic carbocycles. The molecule has 6 aromatic rings. The number of para-hydroxylation sites is 2. The van der Waals surface area contributed by atoms with Crippen LogP contribution in [0.5, 0.6) is 5.75 Å². The quantitative estimate of drug-likeness (QED) is 0.0912. The average molecular weight is 758 g/mol. The number of nitrogens with one attached hydrogen (secondary N) is 2. The molecule has 50 heavy (non-hydrogen) atoms. The highest BCUT2D eigenvalue weighted by molar-refractivity contribution is 9.10. The van der Waals surface area contributed by atoms with Crippen molar-refractivity contribution in [2.75, 3.05) is 17.2 Å². The summed E-state index contributed by atoms with van der Waals surface area (Å²) in [6.45, 7) is 2.14. The molecule has 0 radical (unpaired) electrons. The Bertz CT molecular complexity index is 2250. The van der Waals surface area contributed by atoms with Crippen molar-refractivity contribution in [3.63, 3.8) is 0 Å². The van der Waals surface area contributed by atoms with Gasteiger partial charge in [-0.15, -0.1) is 0 Å². The summed E-state index contributed by atoms with van der Waals surface area (Å²) in [5, 5.41) is 24.2. The average Bonchev–Trinajstić information content (AvgIpc) is 3.58. The first-order valence-electron chi connectivity index (χ1n) is 15.3. The number of carbonyl (C=O) groups is 1. The summed E-state index contributed by atoms with van der Waals surface area (Å²) >= 11 is 3.16. The maximum absolute atomic E-state index is 14.5. The highest BCUT2D eigenvalue weighted by Crippen LogP contribution is 2.54. The summed E-state index contributed by atoms with van der Waals surface area (Å²) in [6, 6.07) is 13.2. The van der Waals surface area contributed by atoms with Gasteiger partial charge < -0.3 is 20.5 Å². The molecular weight excluding hydrogens is 731 g/mol. The lowest BCUT2D eigenvalue weighted by Crippen LogP contribution is -2.14. The van der Waals surface area contributed by atoms with Crippen molar-refractivity contribution in [3.05, 3.63) is 111 Å². The van der Waals surface area contributed by atoms with Crippen molar-refractivity contribution < 1.29 is 36.6 Å². The van der Waals surface area contributed by atoms with Gasteiger partial charge >= 0.3 is 0 Å². The number of aliphatic hydroxyl groups excluding tert-OH is 1. The first-order valence-corrected chi connectivity index (χ1v) is 16.1. The third-order valence-electron chi connectivity index (χ3n) is 8.26. The minimum Gasteiger partial charge on any atom is -0.492 e. The summed E-state index contributed by atoms with van der Waals surface area (Å²) in [7, 11) is 0. The lowest BCUT2D eigenvalue weighted by molar-refractivity contribution is 0.102. The number of halogens is 6. The first kappa shape index (κ1) is 33.3. The van der Waals surface area contributed by atoms with Crippen molar-refractivity contribution in [1.29, 1.82) is 0 Å². The van der Waals surface area contributed by atoms with Crippen molar-refractivity contribution in [1.82, 2.24) is 29.2 Å². The Kier molecular flexibility index (Phi) is 8.86. The molecular formula is C33H26BrF5N8O3. The van der Waals surface area contributed by atoms with Gasteiger partial charge in [0.2, 0.25) is 0 Å². The minimum absolute atomic E-state index is 0.00799. The minimum atomic E-state index is -2.99. The van der Waals surface area contributed by atoms with Crippen LogP contribution in [-0.4, -0.2) is 46.8 Å². The molecule has 0 spiro atoms. The number of aliphatic hydroxyl groups is 1. The maximum atomic E-state index is 14.5. The van der Waals surface area contributed by atoms with Crippen LogP contribution in [0.1, 0.15) is 83.0 Å². The topological polar surface area (TPSA) is 131 Å². The highest BCUT2D eigenvalue weighted by atomic mass is 79.9. The van der Waals surface area contributed by atoms with Gasteiger partial charge in [-0.1, -0.05) is 28.1 Å². The highest BCUT2D eigenvalue weighted by Gasteiger charge is 2.43. The fourth-order valence-electron chi connectivity index (χ4n) is 5.79. The number of hydrogen-bond acceptors (Lipinski definition) is 8. The van der Waals surface area contributed by atoms with E-state index in [1.807, 2.05) is 0 Å². The second-order valence-electron chi connectivity index (χ2n) is 11.4. The lowest BCUT2D eigenvalue weighted by atomic mass is 10.1. The van der Waals surface area contributed by atoms with E-state index in [-0.39, 0.29) is 39.5 Å². The molecule has 3 N–H and O–H groups in total. The Hall–Kier alpha value is -5.16. The van der Waals surface area contributed by atoms with E-state index in [1.54, 1.807) is 37.3 Å². The molecule has 4 heterocycles. The number of benzene rings is 2. The Morgan fingerprint density at radius 1 is 0.940 bits per heavy atom. The summed E-state index contributed by atoms with van der Waals surface area (Å²) < 4.78 is 79.5. The molecule has 7 rings (SSSR count). The summed E-state index contributed by atoms with van der Waals surface area (Å²) in [6.07, 6.45) is -4.92. The van der Waals surface area contributed by atoms with Crippen molar-refractivity contribution in [3.8, 4) is 5.75 Å². The van der Waals surface area contributed by atoms with Gasteiger partial charge in [0.25, 0.3) is 18.8 Å². The van der Waals surface area contributed by atoms with Crippen LogP contribution in [0, 0.1) is 5.82 Å². The molecule has 4 aromatic heterocycles. The number of alkyl halides is 4. The summed E-state index contributed by atoms with van der Waals surface area (Å²) in [5.74, 6) is -1.94. The molecule has 258 valence electrons. The van der Waals surface area contributed by atoms with Crippen LogP contribution < -0.4 is 15.4 Å². The molecule has 1 fully saturated rings. The molecule has 0 bridgehead atoms. The van der Waals surface area contributed by atoms with Crippen LogP contribution in [0.2, 0.25) is 0 Å². The van der Waals surface area contributed by atoms with Crippen LogP contribution >= 0.6 is 15.9 Å². The second kappa shape index (κ2) is 13.3. The Morgan fingerprint density at radius 2 is 1.58 bits per heavy atom. The number of anilines is 2. The standard InChI is InChI=1S/C33H26BrF5N8O3/c1-2-50-27-6-4-3-5-22(27)45-33(49)19-14-41-47-26(29(38)39)12-24(43-31(19)47)17-10-16(17)23-11-25(28(36)37)46-30(42-23)18(13-40-46)32(48)44-21-8-7-15(34)9-20(21)35/h3-9,11-14,16-17,28-29,32,44,48H,2,10H2,1H3,(H,45,49). The fourth-order valence-corrected chi connectivity index (χ4v) is 6.13. The van der Waals surface area contributed by atoms with Crippen LogP contribution in [-0.2, 0) is 0 Å². The Balaban J connectivity index is 1.22. The van der Waals surface area contributed by atoms with Gasteiger partial charge in [-0.3, -0.25) is 4.79 Å². The number of fused-ring (bicyclic) bond motifs is 2. The van der Waals surface area contributed by atoms with Gasteiger partial charge in [-0.05, 0) is 55.8 Å². The van der Waals surface area contributed by atoms with E-state index in [1.165, 1.54) is 24.3 Å². The largest absolute Gasteiger partial charge is 0.492 e. The number of rotatable bonds is 11. The lowest BCUT2D eigenvalue weighted by Gasteiger charge is -2.15. The number of carbonyl (C=O) groups excluding carboxylic acids is 1. The zero-order chi connectivity index (χ0) is 35.3. The van der Waals surface area contributed by atoms with Crippen molar-refractivity contribution in [2.45, 2.75) is 44.3 Å². The summed E-state index contributed by atoms with van der Waals surface area (Å²) in [5.41, 5.74) is -0.573. The zero-order valence-corrected chi connectivity index (χ0v) is 27.5. The zero-order valence-electron chi connectivity index (χ0n) is 25.9. The van der Waals surface area contributed by atoms with Gasteiger partial charge in [0.05, 0.1) is 35.9 Å². The van der Waals surface area contributed by atoms with E-state index in [9.17, 15) is 31.9 Å². The Labute approximate surface area is 288 Å². The summed E-state index contributed by atoms with van der Waals surface area (Å²) in [4.78, 5) is 22.4. The smallest absolute Gasteiger partial charge is 0.280 e. The number of amides is 1. The molecule has 0 aliphatic heterocycles. The fraction of sp³-hybridized carbons (Fsp3) is 0.242. The molecule has 11 nitrogen and oxygen atoms in total. The molecule has 17 heteroatoms. The van der Waals surface area contributed by atoms with Crippen molar-refractivity contribution in [2.24, 2.45) is 0 Å². The molecule has 0 saturated heterocycles. The van der Waals surface area contributed by atoms with E-state index in [4.69, 9.17) is 4.74 Å². The van der Waals surface area contributed by atoms with Gasteiger partial charge in [-0.25, -0.2) is 41.0 Å². The van der Waals surface area contributed by atoms with Crippen LogP contribution in [0.4, 0.5) is 33.3 Å². The first-order chi connectivity index (χ1) is 24.0. The third kappa shape index (κ3) is 6.22. The number of ether oxygens (including phenoxy) is 1. The van der Waals surface area contributed by atoms with E-state index in [0.29, 0.717) is 28.9 Å². The number of nitrogens with zero attached hydrogens (tertiary/aromatic N) is 6. The molecule has 1 aliphatic rings. The molecule has 1 aliphatic carbocycles. The van der Waals surface area contributed by atoms with Crippen LogP contribution in [0.3, 0.4) is 0 Å². The van der Waals surface area contributed by atoms with E-state index in [2.05, 4.69) is 46.7 Å². The number of aromatic nitrogens is 6. The van der Waals surface area contributed by atoms with Crippen LogP contribution in [0.25, 0.3) is 11.3 Å². The normalized spacial score (nSPS) is 16.4. The second-order valence-corrected chi connectivity index (χ2v) is 12.4. The van der Waals surface area contributed by atoms with Gasteiger partial charge in [0.15, 0.2) is 17.5 Å². The van der Waals surface area contributed by atoms with E-state index in [0.717, 1.165) is 21.4 Å². The predicted octanol–water partition coefficient (Wildman–Crippen LogP) is 7.57. The molecule has 1 saturated carbocycles. The van der Waals surface area contributed by atoms with Gasteiger partial charge in [0.1, 0.15) is 28.5 Å². The molecule has 3 unspecified atom stereocenters. The maximum Gasteiger partial charge on any atom is 0.280 e. The monoisotopic (exact) mass is 756 g/mol. The van der Waals surface area contributed by atoms with Crippen molar-refractivity contribution >= 4 is 44.5 Å². The van der Waals surface area contributed by atoms with Gasteiger partial charge in [0, 0.05) is 27.7 Å². The molecule has 3 atom stereocenters.